The van der Waals surface area contributed by atoms with Gasteiger partial charge >= 0.3 is 0 Å². The Hall–Kier alpha value is -1.02. The molecule has 1 aromatic rings. The normalized spacial score (nSPS) is 24.2. The fourth-order valence-corrected chi connectivity index (χ4v) is 2.64. The Kier molecular flexibility index (Phi) is 4.51. The molecule has 0 saturated heterocycles. The standard InChI is InChI=1S/C17H27NO/c1-4-17(2,3)13-9-11-14(12-10-13)19-16-8-6-5-7-15(16)18/h9-12,15-16H,4-8,18H2,1-3H3. The lowest BCUT2D eigenvalue weighted by Gasteiger charge is -2.29. The first-order valence-electron chi connectivity index (χ1n) is 7.56. The molecule has 1 aromatic carbocycles. The van der Waals surface area contributed by atoms with Crippen LogP contribution in [0.15, 0.2) is 24.3 Å². The van der Waals surface area contributed by atoms with Gasteiger partial charge in [-0.25, -0.2) is 0 Å². The monoisotopic (exact) mass is 261 g/mol. The van der Waals surface area contributed by atoms with E-state index in [2.05, 4.69) is 45.0 Å². The minimum atomic E-state index is 0.193. The highest BCUT2D eigenvalue weighted by Gasteiger charge is 2.23. The van der Waals surface area contributed by atoms with Crippen LogP contribution in [0, 0.1) is 0 Å². The minimum Gasteiger partial charge on any atom is -0.489 e. The van der Waals surface area contributed by atoms with E-state index in [0.29, 0.717) is 0 Å². The fourth-order valence-electron chi connectivity index (χ4n) is 2.64. The fraction of sp³-hybridized carbons (Fsp3) is 0.647. The summed E-state index contributed by atoms with van der Waals surface area (Å²) in [6, 6.07) is 8.75. The number of hydrogen-bond donors (Lipinski definition) is 1. The summed E-state index contributed by atoms with van der Waals surface area (Å²) in [4.78, 5) is 0. The molecular formula is C17H27NO. The maximum atomic E-state index is 6.12. The van der Waals surface area contributed by atoms with Crippen molar-refractivity contribution in [2.75, 3.05) is 0 Å². The Labute approximate surface area is 117 Å². The maximum Gasteiger partial charge on any atom is 0.119 e. The van der Waals surface area contributed by atoms with E-state index in [0.717, 1.165) is 25.0 Å². The lowest BCUT2D eigenvalue weighted by Crippen LogP contribution is -2.41. The molecule has 0 aromatic heterocycles. The number of rotatable bonds is 4. The smallest absolute Gasteiger partial charge is 0.119 e. The van der Waals surface area contributed by atoms with Crippen molar-refractivity contribution in [2.24, 2.45) is 5.73 Å². The van der Waals surface area contributed by atoms with E-state index in [1.165, 1.54) is 18.4 Å². The summed E-state index contributed by atoms with van der Waals surface area (Å²) in [6.45, 7) is 6.78. The molecule has 2 heteroatoms. The minimum absolute atomic E-state index is 0.193. The topological polar surface area (TPSA) is 35.2 Å². The lowest BCUT2D eigenvalue weighted by molar-refractivity contribution is 0.132. The van der Waals surface area contributed by atoms with Crippen LogP contribution in [0.3, 0.4) is 0 Å². The van der Waals surface area contributed by atoms with E-state index in [1.54, 1.807) is 0 Å². The van der Waals surface area contributed by atoms with Gasteiger partial charge in [0.25, 0.3) is 0 Å². The molecule has 0 bridgehead atoms. The Morgan fingerprint density at radius 2 is 1.79 bits per heavy atom. The van der Waals surface area contributed by atoms with Crippen LogP contribution in [0.2, 0.25) is 0 Å². The Morgan fingerprint density at radius 1 is 1.16 bits per heavy atom. The van der Waals surface area contributed by atoms with Crippen molar-refractivity contribution in [3.63, 3.8) is 0 Å². The molecule has 2 unspecified atom stereocenters. The summed E-state index contributed by atoms with van der Waals surface area (Å²) in [5.41, 5.74) is 7.73. The molecule has 2 rings (SSSR count). The summed E-state index contributed by atoms with van der Waals surface area (Å²) >= 11 is 0. The van der Waals surface area contributed by atoms with Gasteiger partial charge in [-0.05, 0) is 48.8 Å². The third-order valence-electron chi connectivity index (χ3n) is 4.56. The molecule has 0 aliphatic heterocycles. The Balaban J connectivity index is 2.02. The Morgan fingerprint density at radius 3 is 2.37 bits per heavy atom. The van der Waals surface area contributed by atoms with Gasteiger partial charge < -0.3 is 10.5 Å². The van der Waals surface area contributed by atoms with Crippen LogP contribution in [0.5, 0.6) is 5.75 Å². The molecule has 19 heavy (non-hydrogen) atoms. The highest BCUT2D eigenvalue weighted by Crippen LogP contribution is 2.29. The van der Waals surface area contributed by atoms with E-state index < -0.39 is 0 Å². The van der Waals surface area contributed by atoms with E-state index in [9.17, 15) is 0 Å². The van der Waals surface area contributed by atoms with E-state index in [1.807, 2.05) is 0 Å². The number of ether oxygens (including phenoxy) is 1. The molecule has 2 nitrogen and oxygen atoms in total. The lowest BCUT2D eigenvalue weighted by atomic mass is 9.82. The molecule has 2 atom stereocenters. The molecule has 1 saturated carbocycles. The van der Waals surface area contributed by atoms with Crippen molar-refractivity contribution < 1.29 is 4.74 Å². The predicted octanol–water partition coefficient (Wildman–Crippen LogP) is 4.02. The van der Waals surface area contributed by atoms with Crippen molar-refractivity contribution in [1.82, 2.24) is 0 Å². The second kappa shape index (κ2) is 5.96. The molecule has 0 radical (unpaired) electrons. The molecule has 0 spiro atoms. The molecule has 106 valence electrons. The van der Waals surface area contributed by atoms with Crippen LogP contribution in [0.4, 0.5) is 0 Å². The number of hydrogen-bond acceptors (Lipinski definition) is 2. The van der Waals surface area contributed by atoms with Gasteiger partial charge in [0.15, 0.2) is 0 Å². The van der Waals surface area contributed by atoms with Gasteiger partial charge in [-0.15, -0.1) is 0 Å². The van der Waals surface area contributed by atoms with Crippen LogP contribution in [-0.4, -0.2) is 12.1 Å². The van der Waals surface area contributed by atoms with Crippen molar-refractivity contribution in [1.29, 1.82) is 0 Å². The molecule has 1 fully saturated rings. The van der Waals surface area contributed by atoms with Crippen LogP contribution in [0.1, 0.15) is 58.4 Å². The first-order valence-corrected chi connectivity index (χ1v) is 7.56. The average Bonchev–Trinajstić information content (AvgIpc) is 2.42. The van der Waals surface area contributed by atoms with Crippen molar-refractivity contribution in [3.8, 4) is 5.75 Å². The zero-order valence-corrected chi connectivity index (χ0v) is 12.5. The Bertz CT molecular complexity index is 396. The summed E-state index contributed by atoms with van der Waals surface area (Å²) in [5, 5.41) is 0. The van der Waals surface area contributed by atoms with Gasteiger partial charge in [0.05, 0.1) is 0 Å². The van der Waals surface area contributed by atoms with Crippen molar-refractivity contribution in [3.05, 3.63) is 29.8 Å². The quantitative estimate of drug-likeness (QED) is 0.888. The van der Waals surface area contributed by atoms with Gasteiger partial charge in [-0.1, -0.05) is 39.3 Å². The van der Waals surface area contributed by atoms with Crippen molar-refractivity contribution in [2.45, 2.75) is 70.4 Å². The molecule has 1 aliphatic carbocycles. The van der Waals surface area contributed by atoms with Crippen LogP contribution < -0.4 is 10.5 Å². The highest BCUT2D eigenvalue weighted by molar-refractivity contribution is 5.31. The van der Waals surface area contributed by atoms with Gasteiger partial charge in [-0.3, -0.25) is 0 Å². The van der Waals surface area contributed by atoms with E-state index >= 15 is 0 Å². The summed E-state index contributed by atoms with van der Waals surface area (Å²) in [5.74, 6) is 0.956. The van der Waals surface area contributed by atoms with Gasteiger partial charge in [0.2, 0.25) is 0 Å². The largest absolute Gasteiger partial charge is 0.489 e. The van der Waals surface area contributed by atoms with Gasteiger partial charge in [-0.2, -0.15) is 0 Å². The number of nitrogens with two attached hydrogens (primary N) is 1. The summed E-state index contributed by atoms with van der Waals surface area (Å²) in [6.07, 6.45) is 5.98. The molecule has 0 amide bonds. The summed E-state index contributed by atoms with van der Waals surface area (Å²) < 4.78 is 6.04. The molecule has 0 heterocycles. The second-order valence-corrected chi connectivity index (χ2v) is 6.37. The van der Waals surface area contributed by atoms with E-state index in [4.69, 9.17) is 10.5 Å². The van der Waals surface area contributed by atoms with Crippen LogP contribution in [0.25, 0.3) is 0 Å². The molecular weight excluding hydrogens is 234 g/mol. The summed E-state index contributed by atoms with van der Waals surface area (Å²) in [7, 11) is 0. The zero-order valence-electron chi connectivity index (χ0n) is 12.5. The number of benzene rings is 1. The zero-order chi connectivity index (χ0) is 13.9. The SMILES string of the molecule is CCC(C)(C)c1ccc(OC2CCCCC2N)cc1. The first kappa shape index (κ1) is 14.4. The maximum absolute atomic E-state index is 6.12. The third kappa shape index (κ3) is 3.50. The molecule has 2 N–H and O–H groups in total. The van der Waals surface area contributed by atoms with Crippen LogP contribution >= 0.6 is 0 Å². The second-order valence-electron chi connectivity index (χ2n) is 6.37. The first-order chi connectivity index (χ1) is 9.03. The third-order valence-corrected chi connectivity index (χ3v) is 4.56. The average molecular weight is 261 g/mol. The van der Waals surface area contributed by atoms with E-state index in [-0.39, 0.29) is 17.6 Å². The van der Waals surface area contributed by atoms with Gasteiger partial charge in [0.1, 0.15) is 11.9 Å². The van der Waals surface area contributed by atoms with Crippen LogP contribution in [-0.2, 0) is 5.41 Å². The predicted molar refractivity (Wildman–Crippen MR) is 80.6 cm³/mol. The van der Waals surface area contributed by atoms with Gasteiger partial charge in [0, 0.05) is 6.04 Å². The van der Waals surface area contributed by atoms with Crippen molar-refractivity contribution >= 4 is 0 Å². The molecule has 1 aliphatic rings. The highest BCUT2D eigenvalue weighted by atomic mass is 16.5.